The molecule has 0 aliphatic heterocycles. The summed E-state index contributed by atoms with van der Waals surface area (Å²) in [5.74, 6) is 0. The van der Waals surface area contributed by atoms with Crippen molar-refractivity contribution < 1.29 is 10.0 Å². The van der Waals surface area contributed by atoms with Crippen molar-refractivity contribution in [2.45, 2.75) is 0 Å². The summed E-state index contributed by atoms with van der Waals surface area (Å²) >= 11 is 0. The summed E-state index contributed by atoms with van der Waals surface area (Å²) in [6.45, 7) is -0.0818. The molecule has 2 N–H and O–H groups in total. The molecule has 0 amide bonds. The van der Waals surface area contributed by atoms with Crippen molar-refractivity contribution in [1.29, 1.82) is 0 Å². The van der Waals surface area contributed by atoms with Crippen molar-refractivity contribution in [3.8, 4) is 0 Å². The number of nitro groups is 1. The monoisotopic (exact) mass is 208 g/mol. The van der Waals surface area contributed by atoms with Crippen molar-refractivity contribution in [3.05, 3.63) is 40.0 Å². The van der Waals surface area contributed by atoms with Gasteiger partial charge < -0.3 is 10.4 Å². The van der Waals surface area contributed by atoms with E-state index in [4.69, 9.17) is 5.11 Å². The number of rotatable bonds is 4. The molecular formula is C10H12N2O3. The third-order valence-corrected chi connectivity index (χ3v) is 1.90. The van der Waals surface area contributed by atoms with Crippen LogP contribution >= 0.6 is 0 Å². The molecule has 0 aliphatic carbocycles. The van der Waals surface area contributed by atoms with E-state index in [0.717, 1.165) is 0 Å². The molecule has 0 aromatic heterocycles. The molecule has 0 saturated heterocycles. The summed E-state index contributed by atoms with van der Waals surface area (Å²) in [4.78, 5) is 10.3. The number of nitro benzene ring substituents is 1. The Morgan fingerprint density at radius 3 is 2.87 bits per heavy atom. The summed E-state index contributed by atoms with van der Waals surface area (Å²) in [5.41, 5.74) is 1.19. The van der Waals surface area contributed by atoms with Crippen LogP contribution in [0.15, 0.2) is 24.3 Å². The molecule has 0 aliphatic rings. The Morgan fingerprint density at radius 1 is 1.60 bits per heavy atom. The van der Waals surface area contributed by atoms with Crippen LogP contribution in [-0.2, 0) is 0 Å². The van der Waals surface area contributed by atoms with Crippen molar-refractivity contribution in [2.75, 3.05) is 19.0 Å². The minimum Gasteiger partial charge on any atom is -0.392 e. The normalized spacial score (nSPS) is 10.5. The van der Waals surface area contributed by atoms with Gasteiger partial charge in [0.25, 0.3) is 5.69 Å². The van der Waals surface area contributed by atoms with Crippen LogP contribution in [0.5, 0.6) is 0 Å². The molecule has 0 heterocycles. The summed E-state index contributed by atoms with van der Waals surface area (Å²) in [5, 5.41) is 22.0. The first-order valence-corrected chi connectivity index (χ1v) is 4.42. The number of hydrogen-bond acceptors (Lipinski definition) is 4. The Hall–Kier alpha value is -1.88. The molecule has 1 aromatic carbocycles. The van der Waals surface area contributed by atoms with Crippen LogP contribution < -0.4 is 5.32 Å². The van der Waals surface area contributed by atoms with Gasteiger partial charge in [0, 0.05) is 13.1 Å². The summed E-state index contributed by atoms with van der Waals surface area (Å²) in [6.07, 6.45) is 3.16. The van der Waals surface area contributed by atoms with Crippen molar-refractivity contribution in [2.24, 2.45) is 0 Å². The number of hydrogen-bond donors (Lipinski definition) is 2. The van der Waals surface area contributed by atoms with Gasteiger partial charge in [-0.25, -0.2) is 0 Å². The molecule has 0 fully saturated rings. The van der Waals surface area contributed by atoms with Crippen LogP contribution in [-0.4, -0.2) is 23.7 Å². The van der Waals surface area contributed by atoms with Crippen molar-refractivity contribution >= 4 is 17.5 Å². The molecule has 15 heavy (non-hydrogen) atoms. The number of nitrogens with one attached hydrogen (secondary N) is 1. The maximum absolute atomic E-state index is 10.7. The fourth-order valence-corrected chi connectivity index (χ4v) is 1.20. The molecule has 5 nitrogen and oxygen atoms in total. The van der Waals surface area contributed by atoms with E-state index in [-0.39, 0.29) is 12.3 Å². The number of aliphatic hydroxyl groups excluding tert-OH is 1. The number of nitrogens with zero attached hydrogens (tertiary/aromatic N) is 1. The summed E-state index contributed by atoms with van der Waals surface area (Å²) in [7, 11) is 1.63. The van der Waals surface area contributed by atoms with Crippen molar-refractivity contribution in [3.63, 3.8) is 0 Å². The predicted octanol–water partition coefficient (Wildman–Crippen LogP) is 1.64. The van der Waals surface area contributed by atoms with Gasteiger partial charge in [-0.2, -0.15) is 0 Å². The Balaban J connectivity index is 3.10. The van der Waals surface area contributed by atoms with Gasteiger partial charge in [-0.05, 0) is 11.6 Å². The summed E-state index contributed by atoms with van der Waals surface area (Å²) in [6, 6.07) is 4.83. The summed E-state index contributed by atoms with van der Waals surface area (Å²) < 4.78 is 0. The van der Waals surface area contributed by atoms with Gasteiger partial charge in [-0.3, -0.25) is 10.1 Å². The maximum atomic E-state index is 10.7. The average molecular weight is 208 g/mol. The molecule has 0 unspecified atom stereocenters. The number of aliphatic hydroxyl groups is 1. The highest BCUT2D eigenvalue weighted by Crippen LogP contribution is 2.25. The molecular weight excluding hydrogens is 196 g/mol. The van der Waals surface area contributed by atoms with Crippen LogP contribution in [0.2, 0.25) is 0 Å². The third kappa shape index (κ3) is 2.78. The molecule has 0 bridgehead atoms. The van der Waals surface area contributed by atoms with Gasteiger partial charge in [-0.1, -0.05) is 18.2 Å². The van der Waals surface area contributed by atoms with Crippen LogP contribution in [0.3, 0.4) is 0 Å². The zero-order valence-corrected chi connectivity index (χ0v) is 8.30. The Bertz CT molecular complexity index is 388. The van der Waals surface area contributed by atoms with E-state index < -0.39 is 4.92 Å². The SMILES string of the molecule is CNc1ccc(C=CCO)cc1[N+](=O)[O-]. The highest BCUT2D eigenvalue weighted by molar-refractivity contribution is 5.66. The average Bonchev–Trinajstić information content (AvgIpc) is 2.25. The highest BCUT2D eigenvalue weighted by atomic mass is 16.6. The standard InChI is InChI=1S/C10H12N2O3/c1-11-9-5-4-8(3-2-6-13)7-10(9)12(14)15/h2-5,7,11,13H,6H2,1H3. The molecule has 0 saturated carbocycles. The number of benzene rings is 1. The van der Waals surface area contributed by atoms with E-state index in [1.54, 1.807) is 25.3 Å². The Labute approximate surface area is 87.2 Å². The zero-order chi connectivity index (χ0) is 11.3. The van der Waals surface area contributed by atoms with Crippen molar-refractivity contribution in [1.82, 2.24) is 0 Å². The lowest BCUT2D eigenvalue weighted by Crippen LogP contribution is -1.96. The van der Waals surface area contributed by atoms with E-state index in [1.807, 2.05) is 0 Å². The minimum atomic E-state index is -0.442. The molecule has 0 spiro atoms. The van der Waals surface area contributed by atoms with E-state index in [9.17, 15) is 10.1 Å². The first kappa shape index (κ1) is 11.2. The predicted molar refractivity (Wildman–Crippen MR) is 58.8 cm³/mol. The lowest BCUT2D eigenvalue weighted by Gasteiger charge is -2.02. The van der Waals surface area contributed by atoms with E-state index in [1.165, 1.54) is 12.1 Å². The molecule has 0 radical (unpaired) electrons. The second kappa shape index (κ2) is 5.11. The largest absolute Gasteiger partial charge is 0.392 e. The Morgan fingerprint density at radius 2 is 2.33 bits per heavy atom. The van der Waals surface area contributed by atoms with Gasteiger partial charge in [0.15, 0.2) is 0 Å². The second-order valence-electron chi connectivity index (χ2n) is 2.87. The first-order valence-electron chi connectivity index (χ1n) is 4.42. The third-order valence-electron chi connectivity index (χ3n) is 1.90. The van der Waals surface area contributed by atoms with Gasteiger partial charge in [0.05, 0.1) is 11.5 Å². The molecule has 80 valence electrons. The van der Waals surface area contributed by atoms with Gasteiger partial charge in [0.2, 0.25) is 0 Å². The quantitative estimate of drug-likeness (QED) is 0.582. The lowest BCUT2D eigenvalue weighted by molar-refractivity contribution is -0.383. The molecule has 0 atom stereocenters. The van der Waals surface area contributed by atoms with Gasteiger partial charge in [0.1, 0.15) is 5.69 Å². The van der Waals surface area contributed by atoms with Crippen LogP contribution in [0.25, 0.3) is 6.08 Å². The second-order valence-corrected chi connectivity index (χ2v) is 2.87. The highest BCUT2D eigenvalue weighted by Gasteiger charge is 2.11. The fraction of sp³-hybridized carbons (Fsp3) is 0.200. The lowest BCUT2D eigenvalue weighted by atomic mass is 10.1. The molecule has 1 aromatic rings. The molecule has 5 heteroatoms. The molecule has 1 rings (SSSR count). The smallest absolute Gasteiger partial charge is 0.292 e. The Kier molecular flexibility index (Phi) is 3.82. The van der Waals surface area contributed by atoms with Gasteiger partial charge >= 0.3 is 0 Å². The minimum absolute atomic E-state index is 0.0255. The topological polar surface area (TPSA) is 75.4 Å². The maximum Gasteiger partial charge on any atom is 0.292 e. The first-order chi connectivity index (χ1) is 7.19. The van der Waals surface area contributed by atoms with Crippen LogP contribution in [0.1, 0.15) is 5.56 Å². The van der Waals surface area contributed by atoms with Crippen LogP contribution in [0.4, 0.5) is 11.4 Å². The van der Waals surface area contributed by atoms with E-state index in [2.05, 4.69) is 5.32 Å². The fourth-order valence-electron chi connectivity index (χ4n) is 1.20. The van der Waals surface area contributed by atoms with E-state index >= 15 is 0 Å². The number of anilines is 1. The van der Waals surface area contributed by atoms with Gasteiger partial charge in [-0.15, -0.1) is 0 Å². The zero-order valence-electron chi connectivity index (χ0n) is 8.30. The van der Waals surface area contributed by atoms with Crippen LogP contribution in [0, 0.1) is 10.1 Å². The van der Waals surface area contributed by atoms with E-state index in [0.29, 0.717) is 11.3 Å².